The Morgan fingerprint density at radius 2 is 0.875 bits per heavy atom. The predicted molar refractivity (Wildman–Crippen MR) is 224 cm³/mol. The molecule has 0 aliphatic carbocycles. The minimum Gasteiger partial charge on any atom is -0.388 e. The summed E-state index contributed by atoms with van der Waals surface area (Å²) in [6.07, 6.45) is 2.43. The van der Waals surface area contributed by atoms with Crippen LogP contribution in [0.3, 0.4) is 0 Å². The molecule has 0 saturated carbocycles. The van der Waals surface area contributed by atoms with Gasteiger partial charge in [0.1, 0.15) is 16.1 Å². The first kappa shape index (κ1) is 43.7. The second-order valence-corrected chi connectivity index (χ2v) is 39.3. The molecule has 1 aromatic rings. The highest BCUT2D eigenvalue weighted by Gasteiger charge is 2.45. The van der Waals surface area contributed by atoms with Gasteiger partial charge < -0.3 is 10.2 Å². The molecular weight excluding hydrogens is 649 g/mol. The maximum Gasteiger partial charge on any atom is 0.129 e. The molecule has 1 rings (SSSR count). The lowest BCUT2D eigenvalue weighted by molar-refractivity contribution is 0.224. The Morgan fingerprint density at radius 1 is 0.583 bits per heavy atom. The first-order valence-electron chi connectivity index (χ1n) is 17.4. The monoisotopic (exact) mass is 714 g/mol. The lowest BCUT2D eigenvalue weighted by atomic mass is 10.1. The van der Waals surface area contributed by atoms with Crippen LogP contribution >= 0.6 is 0 Å². The van der Waals surface area contributed by atoms with Gasteiger partial charge in [-0.2, -0.15) is 0 Å². The molecule has 0 heterocycles. The smallest absolute Gasteiger partial charge is 0.129 e. The van der Waals surface area contributed by atoms with Crippen LogP contribution in [0.4, 0.5) is 0 Å². The van der Waals surface area contributed by atoms with Crippen molar-refractivity contribution in [3.05, 3.63) is 58.7 Å². The summed E-state index contributed by atoms with van der Waals surface area (Å²) in [6.45, 7) is 40.4. The van der Waals surface area contributed by atoms with Gasteiger partial charge in [-0.15, -0.1) is 22.9 Å². The molecule has 0 radical (unpaired) electrons. The highest BCUT2D eigenvalue weighted by Crippen LogP contribution is 2.46. The van der Waals surface area contributed by atoms with Crippen LogP contribution in [-0.4, -0.2) is 54.7 Å². The van der Waals surface area contributed by atoms with Gasteiger partial charge in [0.2, 0.25) is 0 Å². The van der Waals surface area contributed by atoms with E-state index in [1.54, 1.807) is 0 Å². The molecule has 48 heavy (non-hydrogen) atoms. The molecule has 1 aromatic carbocycles. The third-order valence-electron chi connectivity index (χ3n) is 9.87. The molecule has 0 fully saturated rings. The Bertz CT molecular complexity index is 1470. The quantitative estimate of drug-likeness (QED) is 0.228. The molecule has 2 nitrogen and oxygen atoms in total. The normalized spacial score (nSPS) is 16.0. The number of allylic oxidation sites excluding steroid dienone is 2. The zero-order chi connectivity index (χ0) is 37.5. The van der Waals surface area contributed by atoms with Gasteiger partial charge in [-0.3, -0.25) is 0 Å². The van der Waals surface area contributed by atoms with Gasteiger partial charge in [0.15, 0.2) is 0 Å². The van der Waals surface area contributed by atoms with Crippen LogP contribution in [0.25, 0.3) is 0 Å². The maximum atomic E-state index is 11.5. The van der Waals surface area contributed by atoms with E-state index in [0.29, 0.717) is 0 Å². The van der Waals surface area contributed by atoms with Crippen molar-refractivity contribution >= 4 is 32.3 Å². The van der Waals surface area contributed by atoms with Crippen molar-refractivity contribution < 1.29 is 10.2 Å². The van der Waals surface area contributed by atoms with E-state index in [-0.39, 0.29) is 21.2 Å². The van der Waals surface area contributed by atoms with E-state index < -0.39 is 44.5 Å². The van der Waals surface area contributed by atoms with Crippen LogP contribution in [0.2, 0.25) is 86.6 Å². The summed E-state index contributed by atoms with van der Waals surface area (Å²) in [5, 5.41) is 23.2. The molecule has 0 saturated heterocycles. The lowest BCUT2D eigenvalue weighted by Gasteiger charge is -2.42. The number of aliphatic hydroxyl groups is 2. The molecule has 0 aliphatic rings. The molecule has 4 atom stereocenters. The van der Waals surface area contributed by atoms with Crippen molar-refractivity contribution in [3.63, 3.8) is 0 Å². The van der Waals surface area contributed by atoms with E-state index in [0.717, 1.165) is 22.3 Å². The van der Waals surface area contributed by atoms with Crippen LogP contribution in [0, 0.1) is 46.6 Å². The summed E-state index contributed by atoms with van der Waals surface area (Å²) in [7, 11) is -7.15. The van der Waals surface area contributed by atoms with E-state index in [9.17, 15) is 10.2 Å². The van der Waals surface area contributed by atoms with Gasteiger partial charge in [0.05, 0.1) is 28.4 Å². The van der Waals surface area contributed by atoms with Gasteiger partial charge in [-0.1, -0.05) is 143 Å². The predicted octanol–water partition coefficient (Wildman–Crippen LogP) is 10.5. The topological polar surface area (TPSA) is 40.5 Å². The molecular formula is C42H66O2Si4. The number of aliphatic hydroxyl groups excluding tert-OH is 2. The first-order chi connectivity index (χ1) is 21.5. The van der Waals surface area contributed by atoms with Crippen LogP contribution in [0.15, 0.2) is 47.6 Å². The third kappa shape index (κ3) is 13.6. The molecule has 0 aromatic heterocycles. The lowest BCUT2D eigenvalue weighted by Crippen LogP contribution is -2.46. The average molecular weight is 715 g/mol. The van der Waals surface area contributed by atoms with Gasteiger partial charge in [-0.05, 0) is 59.4 Å². The number of rotatable bonds is 6. The summed E-state index contributed by atoms with van der Waals surface area (Å²) >= 11 is 0. The van der Waals surface area contributed by atoms with Crippen LogP contribution in [0.5, 0.6) is 0 Å². The zero-order valence-corrected chi connectivity index (χ0v) is 37.7. The number of hydrogen-bond donors (Lipinski definition) is 2. The highest BCUT2D eigenvalue weighted by atomic mass is 28.3. The number of hydrogen-bond acceptors (Lipinski definition) is 2. The van der Waals surface area contributed by atoms with Gasteiger partial charge in [-0.25, -0.2) is 0 Å². The molecule has 262 valence electrons. The van der Waals surface area contributed by atoms with E-state index in [4.69, 9.17) is 0 Å². The van der Waals surface area contributed by atoms with Crippen molar-refractivity contribution in [1.29, 1.82) is 0 Å². The fourth-order valence-electron chi connectivity index (χ4n) is 4.73. The molecule has 2 N–H and O–H groups in total. The van der Waals surface area contributed by atoms with Crippen molar-refractivity contribution in [3.8, 4) is 46.6 Å². The summed E-state index contributed by atoms with van der Waals surface area (Å²) in [4.78, 5) is 0. The standard InChI is InChI=1S/C42H66O2Si4/c1-33(31-37(43)39(27-29-45(9,10)11)47(15,16)41(3,4)5)23-25-35-21-19-20-22-36(35)26-24-34(2)32-38(44)40(28-30-46(12,13)14)48(17,18)42(6,7)8/h19-22,31-32,37-40,43-44H,1-18H3/b33-31-,34-32-/t37-,38-,39+,40+/m0/s1. The van der Waals surface area contributed by atoms with Crippen LogP contribution in [0.1, 0.15) is 66.5 Å². The van der Waals surface area contributed by atoms with E-state index in [2.05, 4.69) is 154 Å². The SMILES string of the molecule is C/C(C#Cc1ccccc1C#C/C(C)=C\[C@H](O)[C@@H](C#C[Si](C)(C)C)[Si](C)(C)C(C)(C)C)=C/[C@H](O)[C@@H](C#C[Si](C)(C)C)[Si](C)(C)C(C)(C)C. The van der Waals surface area contributed by atoms with Crippen molar-refractivity contribution in [2.45, 2.75) is 154 Å². The Balaban J connectivity index is 3.48. The van der Waals surface area contributed by atoms with Gasteiger partial charge in [0.25, 0.3) is 0 Å². The molecule has 0 spiro atoms. The van der Waals surface area contributed by atoms with Gasteiger partial charge in [0, 0.05) is 22.2 Å². The second kappa shape index (κ2) is 16.6. The third-order valence-corrected chi connectivity index (χ3v) is 23.5. The Kier molecular flexibility index (Phi) is 15.2. The van der Waals surface area contributed by atoms with E-state index >= 15 is 0 Å². The molecule has 0 unspecified atom stereocenters. The fraction of sp³-hybridized carbons (Fsp3) is 0.571. The Morgan fingerprint density at radius 3 is 1.12 bits per heavy atom. The van der Waals surface area contributed by atoms with Crippen molar-refractivity contribution in [2.75, 3.05) is 0 Å². The van der Waals surface area contributed by atoms with E-state index in [1.165, 1.54) is 0 Å². The zero-order valence-electron chi connectivity index (χ0n) is 33.7. The molecule has 0 bridgehead atoms. The Labute approximate surface area is 300 Å². The first-order valence-corrected chi connectivity index (χ1v) is 30.6. The minimum atomic E-state index is -1.97. The van der Waals surface area contributed by atoms with E-state index in [1.807, 2.05) is 50.3 Å². The Hall–Kier alpha value is -2.27. The highest BCUT2D eigenvalue weighted by molar-refractivity contribution is 6.85. The van der Waals surface area contributed by atoms with Crippen molar-refractivity contribution in [2.24, 2.45) is 0 Å². The van der Waals surface area contributed by atoms with Crippen LogP contribution in [-0.2, 0) is 0 Å². The summed E-state index contributed by atoms with van der Waals surface area (Å²) in [5.41, 5.74) is 10.2. The summed E-state index contributed by atoms with van der Waals surface area (Å²) in [6, 6.07) is 7.89. The minimum absolute atomic E-state index is 0.0815. The molecule has 0 aliphatic heterocycles. The molecule has 0 amide bonds. The molecule has 6 heteroatoms. The summed E-state index contributed by atoms with van der Waals surface area (Å²) < 4.78 is 0. The van der Waals surface area contributed by atoms with Crippen LogP contribution < -0.4 is 0 Å². The van der Waals surface area contributed by atoms with Crippen molar-refractivity contribution in [1.82, 2.24) is 0 Å². The number of benzene rings is 1. The maximum absolute atomic E-state index is 11.5. The van der Waals surface area contributed by atoms with Gasteiger partial charge >= 0.3 is 0 Å². The average Bonchev–Trinajstić information content (AvgIpc) is 2.88. The summed E-state index contributed by atoms with van der Waals surface area (Å²) in [5.74, 6) is 20.3. The second-order valence-electron chi connectivity index (χ2n) is 18.7. The fourth-order valence-corrected chi connectivity index (χ4v) is 10.8. The largest absolute Gasteiger partial charge is 0.388 e.